The maximum atomic E-state index is 12.5. The van der Waals surface area contributed by atoms with Gasteiger partial charge in [0.1, 0.15) is 39.6 Å². The first-order chi connectivity index (χ1) is 25.6. The lowest BCUT2D eigenvalue weighted by molar-refractivity contribution is -0.147. The van der Waals surface area contributed by atoms with Crippen molar-refractivity contribution in [1.82, 2.24) is 15.3 Å². The van der Waals surface area contributed by atoms with Gasteiger partial charge in [0, 0.05) is 40.4 Å². The summed E-state index contributed by atoms with van der Waals surface area (Å²) in [5.74, 6) is 0.117. The number of anilines is 1. The number of nitrogens with one attached hydrogen (secondary N) is 1. The van der Waals surface area contributed by atoms with Crippen LogP contribution in [0.1, 0.15) is 68.8 Å². The molecule has 4 rings (SSSR count). The summed E-state index contributed by atoms with van der Waals surface area (Å²) in [5, 5.41) is 27.6. The van der Waals surface area contributed by atoms with Crippen LogP contribution in [0.4, 0.5) is 5.82 Å². The Morgan fingerprint density at radius 3 is 2.32 bits per heavy atom. The lowest BCUT2D eigenvalue weighted by Crippen LogP contribution is -2.47. The summed E-state index contributed by atoms with van der Waals surface area (Å²) < 4.78 is 5.41. The molecule has 0 saturated carbocycles. The smallest absolute Gasteiger partial charge is 0.328 e. The van der Waals surface area contributed by atoms with Gasteiger partial charge in [0.05, 0.1) is 23.9 Å². The molecule has 4 aromatic rings. The number of rotatable bonds is 19. The number of carbonyl (C=O) groups excluding carboxylic acids is 2. The average Bonchev–Trinajstić information content (AvgIpc) is 3.65. The van der Waals surface area contributed by atoms with Gasteiger partial charge in [-0.1, -0.05) is 66.2 Å². The molecule has 14 heteroatoms. The number of amides is 1. The molecule has 5 N–H and O–H groups in total. The van der Waals surface area contributed by atoms with E-state index in [2.05, 4.69) is 17.5 Å². The predicted octanol–water partition coefficient (Wildman–Crippen LogP) is 6.84. The fraction of sp³-hybridized carbons (Fsp3) is 0.385. The number of halogens is 1. The number of carbonyl (C=O) groups is 2. The summed E-state index contributed by atoms with van der Waals surface area (Å²) in [6.45, 7) is 7.59. The van der Waals surface area contributed by atoms with E-state index in [4.69, 9.17) is 37.8 Å². The molecule has 0 radical (unpaired) electrons. The number of aromatic nitrogens is 2. The Morgan fingerprint density at radius 1 is 1.00 bits per heavy atom. The van der Waals surface area contributed by atoms with Crippen molar-refractivity contribution in [1.29, 1.82) is 10.5 Å². The Hall–Kier alpha value is -4.50. The van der Waals surface area contributed by atoms with E-state index in [0.717, 1.165) is 40.2 Å². The number of hydrogen-bond donors (Lipinski definition) is 3. The number of thioether (sulfide) groups is 1. The number of benzene rings is 2. The molecule has 1 amide bonds. The molecule has 2 aromatic carbocycles. The zero-order chi connectivity index (χ0) is 38.3. The summed E-state index contributed by atoms with van der Waals surface area (Å²) in [6, 6.07) is 18.4. The minimum Gasteiger partial charge on any atom is -0.464 e. The van der Waals surface area contributed by atoms with Gasteiger partial charge < -0.3 is 26.4 Å². The summed E-state index contributed by atoms with van der Waals surface area (Å²) in [4.78, 5) is 36.5. The highest BCUT2D eigenvalue weighted by atomic mass is 35.5. The van der Waals surface area contributed by atoms with E-state index in [1.54, 1.807) is 18.3 Å². The molecule has 11 nitrogen and oxygen atoms in total. The van der Waals surface area contributed by atoms with Crippen molar-refractivity contribution in [2.45, 2.75) is 75.7 Å². The van der Waals surface area contributed by atoms with Crippen LogP contribution in [-0.2, 0) is 26.5 Å². The molecule has 278 valence electrons. The SMILES string of the molecule is CCN(CC)c1nc(SCc2csc(-c3ccc(Cl)cc3)n2)c(C#N)c(-c2ccc(CCCOC(=O)[C@H](C)NC(=O)[C@@H](N)CCCCN)cc2)c1C#N. The molecule has 0 spiro atoms. The van der Waals surface area contributed by atoms with Crippen molar-refractivity contribution in [3.63, 3.8) is 0 Å². The number of nitrogens with zero attached hydrogens (tertiary/aromatic N) is 5. The van der Waals surface area contributed by atoms with Crippen LogP contribution in [-0.4, -0.2) is 60.2 Å². The van der Waals surface area contributed by atoms with Crippen molar-refractivity contribution in [2.24, 2.45) is 11.5 Å². The highest BCUT2D eigenvalue weighted by Crippen LogP contribution is 2.39. The zero-order valence-corrected chi connectivity index (χ0v) is 32.6. The molecule has 2 heterocycles. The Labute approximate surface area is 324 Å². The topological polar surface area (TPSA) is 184 Å². The Bertz CT molecular complexity index is 1920. The third-order valence-electron chi connectivity index (χ3n) is 8.55. The van der Waals surface area contributed by atoms with E-state index in [1.165, 1.54) is 11.8 Å². The van der Waals surface area contributed by atoms with E-state index < -0.39 is 24.0 Å². The number of ether oxygens (including phenoxy) is 1. The second kappa shape index (κ2) is 20.7. The van der Waals surface area contributed by atoms with E-state index in [-0.39, 0.29) is 6.61 Å². The highest BCUT2D eigenvalue weighted by Gasteiger charge is 2.25. The number of nitrogens with two attached hydrogens (primary N) is 2. The quantitative estimate of drug-likeness (QED) is 0.0515. The van der Waals surface area contributed by atoms with E-state index in [9.17, 15) is 20.1 Å². The third-order valence-corrected chi connectivity index (χ3v) is 10.7. The number of aryl methyl sites for hydroxylation is 1. The largest absolute Gasteiger partial charge is 0.464 e. The number of thiazole rings is 1. The molecular formula is C39H45ClN8O3S2. The number of esters is 1. The fourth-order valence-electron chi connectivity index (χ4n) is 5.58. The van der Waals surface area contributed by atoms with Gasteiger partial charge in [-0.3, -0.25) is 4.79 Å². The summed E-state index contributed by atoms with van der Waals surface area (Å²) in [6.07, 6.45) is 3.22. The molecule has 0 aliphatic rings. The van der Waals surface area contributed by atoms with Gasteiger partial charge in [-0.2, -0.15) is 10.5 Å². The van der Waals surface area contributed by atoms with Gasteiger partial charge in [-0.15, -0.1) is 11.3 Å². The average molecular weight is 773 g/mol. The maximum Gasteiger partial charge on any atom is 0.328 e. The van der Waals surface area contributed by atoms with E-state index in [1.807, 2.05) is 72.7 Å². The van der Waals surface area contributed by atoms with Crippen molar-refractivity contribution in [2.75, 3.05) is 31.1 Å². The van der Waals surface area contributed by atoms with E-state index >= 15 is 0 Å². The first-order valence-electron chi connectivity index (χ1n) is 17.6. The first kappa shape index (κ1) is 41.3. The third kappa shape index (κ3) is 11.2. The van der Waals surface area contributed by atoms with Gasteiger partial charge in [-0.05, 0) is 76.3 Å². The van der Waals surface area contributed by atoms with Crippen LogP contribution in [0.25, 0.3) is 21.7 Å². The molecular weight excluding hydrogens is 728 g/mol. The maximum absolute atomic E-state index is 12.5. The Balaban J connectivity index is 1.46. The van der Waals surface area contributed by atoms with Crippen LogP contribution in [0.15, 0.2) is 58.9 Å². The second-order valence-electron chi connectivity index (χ2n) is 12.3. The molecule has 0 aliphatic heterocycles. The second-order valence-corrected chi connectivity index (χ2v) is 14.5. The lowest BCUT2D eigenvalue weighted by Gasteiger charge is -2.24. The summed E-state index contributed by atoms with van der Waals surface area (Å²) >= 11 is 9.02. The lowest BCUT2D eigenvalue weighted by atomic mass is 9.95. The van der Waals surface area contributed by atoms with Crippen molar-refractivity contribution >= 4 is 52.4 Å². The van der Waals surface area contributed by atoms with Crippen LogP contribution in [0.2, 0.25) is 5.02 Å². The number of pyridine rings is 1. The normalized spacial score (nSPS) is 12.0. The highest BCUT2D eigenvalue weighted by molar-refractivity contribution is 7.98. The minimum absolute atomic E-state index is 0.179. The molecule has 0 fully saturated rings. The van der Waals surface area contributed by atoms with Crippen LogP contribution >= 0.6 is 34.7 Å². The zero-order valence-electron chi connectivity index (χ0n) is 30.2. The first-order valence-corrected chi connectivity index (χ1v) is 19.9. The van der Waals surface area contributed by atoms with Crippen molar-refractivity contribution in [3.05, 3.63) is 81.3 Å². The van der Waals surface area contributed by atoms with E-state index in [0.29, 0.717) is 77.2 Å². The fourth-order valence-corrected chi connectivity index (χ4v) is 7.51. The number of unbranched alkanes of at least 4 members (excludes halogenated alkanes) is 1. The summed E-state index contributed by atoms with van der Waals surface area (Å²) in [7, 11) is 0. The molecule has 0 bridgehead atoms. The molecule has 2 aromatic heterocycles. The van der Waals surface area contributed by atoms with Crippen LogP contribution < -0.4 is 21.7 Å². The van der Waals surface area contributed by atoms with Crippen molar-refractivity contribution < 1.29 is 14.3 Å². The van der Waals surface area contributed by atoms with Gasteiger partial charge >= 0.3 is 5.97 Å². The van der Waals surface area contributed by atoms with Crippen LogP contribution in [0.5, 0.6) is 0 Å². The van der Waals surface area contributed by atoms with Gasteiger partial charge in [-0.25, -0.2) is 14.8 Å². The molecule has 0 unspecified atom stereocenters. The standard InChI is InChI=1S/C39H45ClN8O3S2/c1-4-48(5-2)35-31(21-42)34(32(22-43)38(47-35)53-24-30-23-52-37(46-30)28-15-17-29(40)18-16-28)27-13-11-26(12-14-27)9-8-20-51-39(50)25(3)45-36(49)33(44)10-6-7-19-41/h11-18,23,25,33H,4-10,19-20,24,41,44H2,1-3H3,(H,45,49)/t25-,33-/m0/s1. The molecule has 2 atom stereocenters. The van der Waals surface area contributed by atoms with Gasteiger partial charge in [0.2, 0.25) is 5.91 Å². The van der Waals surface area contributed by atoms with Crippen LogP contribution in [0.3, 0.4) is 0 Å². The number of hydrogen-bond acceptors (Lipinski definition) is 12. The Kier molecular flexibility index (Phi) is 16.1. The molecule has 0 aliphatic carbocycles. The van der Waals surface area contributed by atoms with Crippen molar-refractivity contribution in [3.8, 4) is 33.8 Å². The van der Waals surface area contributed by atoms with Gasteiger partial charge in [0.15, 0.2) is 0 Å². The summed E-state index contributed by atoms with van der Waals surface area (Å²) in [5.41, 5.74) is 16.2. The Morgan fingerprint density at radius 2 is 1.68 bits per heavy atom. The minimum atomic E-state index is -0.816. The molecule has 0 saturated heterocycles. The monoisotopic (exact) mass is 772 g/mol. The number of nitriles is 2. The predicted molar refractivity (Wildman–Crippen MR) is 213 cm³/mol. The van der Waals surface area contributed by atoms with Crippen LogP contribution in [0, 0.1) is 22.7 Å². The molecule has 53 heavy (non-hydrogen) atoms. The van der Waals surface area contributed by atoms with Gasteiger partial charge in [0.25, 0.3) is 0 Å².